The van der Waals surface area contributed by atoms with Gasteiger partial charge in [-0.05, 0) is 25.7 Å². The largest absolute Gasteiger partial charge is 0.396 e. The van der Waals surface area contributed by atoms with Gasteiger partial charge in [-0.3, -0.25) is 4.79 Å². The van der Waals surface area contributed by atoms with Crippen molar-refractivity contribution in [2.75, 3.05) is 32.9 Å². The van der Waals surface area contributed by atoms with Crippen LogP contribution in [-0.2, 0) is 9.53 Å². The number of aliphatic hydroxyl groups is 1. The summed E-state index contributed by atoms with van der Waals surface area (Å²) in [5.41, 5.74) is 5.53. The average molecular weight is 300 g/mol. The van der Waals surface area contributed by atoms with Crippen LogP contribution in [-0.4, -0.2) is 54.4 Å². The summed E-state index contributed by atoms with van der Waals surface area (Å²) >= 11 is 0. The molecule has 0 aliphatic carbocycles. The van der Waals surface area contributed by atoms with Crippen molar-refractivity contribution in [1.29, 1.82) is 0 Å². The van der Waals surface area contributed by atoms with Gasteiger partial charge in [0.1, 0.15) is 0 Å². The van der Waals surface area contributed by atoms with Crippen LogP contribution < -0.4 is 5.73 Å². The van der Waals surface area contributed by atoms with Gasteiger partial charge >= 0.3 is 0 Å². The molecule has 0 bridgehead atoms. The number of nitrogens with two attached hydrogens (primary N) is 1. The lowest BCUT2D eigenvalue weighted by Gasteiger charge is -2.37. The molecule has 0 aromatic carbocycles. The Kier molecular flexibility index (Phi) is 8.88. The number of carbonyl (C=O) groups is 1. The van der Waals surface area contributed by atoms with E-state index in [2.05, 4.69) is 6.92 Å². The fourth-order valence-electron chi connectivity index (χ4n) is 2.75. The third-order valence-corrected chi connectivity index (χ3v) is 4.22. The zero-order valence-electron chi connectivity index (χ0n) is 13.5. The van der Waals surface area contributed by atoms with Gasteiger partial charge in [0.05, 0.1) is 5.54 Å². The molecular weight excluding hydrogens is 268 g/mol. The Morgan fingerprint density at radius 1 is 1.14 bits per heavy atom. The minimum absolute atomic E-state index is 0.0368. The summed E-state index contributed by atoms with van der Waals surface area (Å²) in [6, 6.07) is 0. The maximum absolute atomic E-state index is 12.7. The lowest BCUT2D eigenvalue weighted by molar-refractivity contribution is -0.140. The SMILES string of the molecule is CCCCCCCN(CCCO)C(=O)C1(N)CCOCC1. The van der Waals surface area contributed by atoms with E-state index in [0.29, 0.717) is 39.0 Å². The second-order valence-corrected chi connectivity index (χ2v) is 6.05. The van der Waals surface area contributed by atoms with Crippen molar-refractivity contribution in [3.63, 3.8) is 0 Å². The molecule has 0 spiro atoms. The summed E-state index contributed by atoms with van der Waals surface area (Å²) in [6.07, 6.45) is 7.67. The zero-order chi connectivity index (χ0) is 15.6. The summed E-state index contributed by atoms with van der Waals surface area (Å²) < 4.78 is 5.31. The number of unbranched alkanes of at least 4 members (excludes halogenated alkanes) is 4. The lowest BCUT2D eigenvalue weighted by atomic mass is 9.89. The number of amides is 1. The molecule has 1 amide bonds. The summed E-state index contributed by atoms with van der Waals surface area (Å²) in [5.74, 6) is 0.0368. The second kappa shape index (κ2) is 10.1. The number of hydrogen-bond donors (Lipinski definition) is 2. The monoisotopic (exact) mass is 300 g/mol. The summed E-state index contributed by atoms with van der Waals surface area (Å²) in [4.78, 5) is 14.6. The van der Waals surface area contributed by atoms with Gasteiger partial charge in [0.25, 0.3) is 0 Å². The van der Waals surface area contributed by atoms with Gasteiger partial charge in [0.15, 0.2) is 0 Å². The van der Waals surface area contributed by atoms with E-state index in [1.54, 1.807) is 0 Å². The normalized spacial score (nSPS) is 17.7. The van der Waals surface area contributed by atoms with Crippen LogP contribution in [0.3, 0.4) is 0 Å². The van der Waals surface area contributed by atoms with Crippen molar-refractivity contribution in [3.05, 3.63) is 0 Å². The second-order valence-electron chi connectivity index (χ2n) is 6.05. The van der Waals surface area contributed by atoms with Crippen LogP contribution in [0.2, 0.25) is 0 Å². The summed E-state index contributed by atoms with van der Waals surface area (Å²) in [6.45, 7) is 4.78. The Morgan fingerprint density at radius 2 is 1.76 bits per heavy atom. The van der Waals surface area contributed by atoms with Crippen LogP contribution in [0.4, 0.5) is 0 Å². The van der Waals surface area contributed by atoms with Crippen LogP contribution in [0.15, 0.2) is 0 Å². The maximum atomic E-state index is 12.7. The average Bonchev–Trinajstić information content (AvgIpc) is 2.50. The number of carbonyl (C=O) groups excluding carboxylic acids is 1. The Balaban J connectivity index is 2.48. The molecule has 0 aromatic heterocycles. The van der Waals surface area contributed by atoms with E-state index in [-0.39, 0.29) is 12.5 Å². The number of rotatable bonds is 10. The molecule has 1 rings (SSSR count). The predicted molar refractivity (Wildman–Crippen MR) is 84.0 cm³/mol. The van der Waals surface area contributed by atoms with Gasteiger partial charge in [-0.25, -0.2) is 0 Å². The first-order valence-electron chi connectivity index (χ1n) is 8.41. The van der Waals surface area contributed by atoms with Gasteiger partial charge in [0.2, 0.25) is 5.91 Å². The van der Waals surface area contributed by atoms with E-state index >= 15 is 0 Å². The van der Waals surface area contributed by atoms with E-state index in [0.717, 1.165) is 19.4 Å². The summed E-state index contributed by atoms with van der Waals surface area (Å²) in [7, 11) is 0. The van der Waals surface area contributed by atoms with E-state index < -0.39 is 5.54 Å². The van der Waals surface area contributed by atoms with Crippen molar-refractivity contribution < 1.29 is 14.6 Å². The fourth-order valence-corrected chi connectivity index (χ4v) is 2.75. The molecule has 0 saturated carbocycles. The molecule has 3 N–H and O–H groups in total. The standard InChI is InChI=1S/C16H32N2O3/c1-2-3-4-5-6-10-18(11-7-12-19)15(20)16(17)8-13-21-14-9-16/h19H,2-14,17H2,1H3. The Hall–Kier alpha value is -0.650. The Morgan fingerprint density at radius 3 is 2.38 bits per heavy atom. The van der Waals surface area contributed by atoms with Crippen LogP contribution in [0.5, 0.6) is 0 Å². The van der Waals surface area contributed by atoms with Gasteiger partial charge in [0, 0.05) is 32.9 Å². The highest BCUT2D eigenvalue weighted by Crippen LogP contribution is 2.21. The minimum Gasteiger partial charge on any atom is -0.396 e. The van der Waals surface area contributed by atoms with Crippen LogP contribution >= 0.6 is 0 Å². The Bertz CT molecular complexity index is 291. The molecule has 5 nitrogen and oxygen atoms in total. The number of hydrogen-bond acceptors (Lipinski definition) is 4. The van der Waals surface area contributed by atoms with E-state index in [9.17, 15) is 4.79 Å². The molecule has 1 aliphatic rings. The van der Waals surface area contributed by atoms with Crippen LogP contribution in [0, 0.1) is 0 Å². The highest BCUT2D eigenvalue weighted by atomic mass is 16.5. The first-order valence-corrected chi connectivity index (χ1v) is 8.41. The third-order valence-electron chi connectivity index (χ3n) is 4.22. The molecule has 0 radical (unpaired) electrons. The molecule has 1 saturated heterocycles. The lowest BCUT2D eigenvalue weighted by Crippen LogP contribution is -2.58. The van der Waals surface area contributed by atoms with Crippen molar-refractivity contribution >= 4 is 5.91 Å². The van der Waals surface area contributed by atoms with E-state index in [1.807, 2.05) is 4.90 Å². The molecule has 1 fully saturated rings. The number of aliphatic hydroxyl groups excluding tert-OH is 1. The number of ether oxygens (including phenoxy) is 1. The molecule has 21 heavy (non-hydrogen) atoms. The highest BCUT2D eigenvalue weighted by molar-refractivity contribution is 5.86. The van der Waals surface area contributed by atoms with E-state index in [1.165, 1.54) is 19.3 Å². The molecule has 0 unspecified atom stereocenters. The molecule has 124 valence electrons. The van der Waals surface area contributed by atoms with Crippen molar-refractivity contribution in [2.24, 2.45) is 5.73 Å². The summed E-state index contributed by atoms with van der Waals surface area (Å²) in [5, 5.41) is 9.02. The Labute approximate surface area is 128 Å². The van der Waals surface area contributed by atoms with Crippen molar-refractivity contribution in [1.82, 2.24) is 4.90 Å². The van der Waals surface area contributed by atoms with Crippen LogP contribution in [0.1, 0.15) is 58.3 Å². The van der Waals surface area contributed by atoms with Crippen molar-refractivity contribution in [3.8, 4) is 0 Å². The fraction of sp³-hybridized carbons (Fsp3) is 0.938. The van der Waals surface area contributed by atoms with Gasteiger partial charge in [-0.2, -0.15) is 0 Å². The van der Waals surface area contributed by atoms with Gasteiger partial charge in [-0.1, -0.05) is 32.6 Å². The molecule has 5 heteroatoms. The zero-order valence-corrected chi connectivity index (χ0v) is 13.5. The van der Waals surface area contributed by atoms with Crippen LogP contribution in [0.25, 0.3) is 0 Å². The molecule has 0 atom stereocenters. The highest BCUT2D eigenvalue weighted by Gasteiger charge is 2.38. The first kappa shape index (κ1) is 18.4. The topological polar surface area (TPSA) is 75.8 Å². The van der Waals surface area contributed by atoms with E-state index in [4.69, 9.17) is 15.6 Å². The molecule has 1 aliphatic heterocycles. The minimum atomic E-state index is -0.767. The maximum Gasteiger partial charge on any atom is 0.242 e. The quantitative estimate of drug-likeness (QED) is 0.602. The first-order chi connectivity index (χ1) is 10.1. The smallest absolute Gasteiger partial charge is 0.242 e. The number of nitrogens with zero attached hydrogens (tertiary/aromatic N) is 1. The van der Waals surface area contributed by atoms with Gasteiger partial charge < -0.3 is 20.5 Å². The predicted octanol–water partition coefficient (Wildman–Crippen LogP) is 1.68. The van der Waals surface area contributed by atoms with Gasteiger partial charge in [-0.15, -0.1) is 0 Å². The molecule has 1 heterocycles. The molecular formula is C16H32N2O3. The third kappa shape index (κ3) is 6.32. The van der Waals surface area contributed by atoms with Crippen molar-refractivity contribution in [2.45, 2.75) is 63.8 Å². The molecule has 0 aromatic rings.